The number of rotatable bonds is 8. The van der Waals surface area contributed by atoms with Crippen molar-refractivity contribution in [1.82, 2.24) is 5.32 Å². The third-order valence-electron chi connectivity index (χ3n) is 4.23. The molecule has 0 aliphatic carbocycles. The van der Waals surface area contributed by atoms with Gasteiger partial charge in [0.2, 0.25) is 5.91 Å². The summed E-state index contributed by atoms with van der Waals surface area (Å²) in [5.41, 5.74) is 0.0929. The quantitative estimate of drug-likeness (QED) is 0.765. The second kappa shape index (κ2) is 8.18. The van der Waals surface area contributed by atoms with Crippen LogP contribution in [0.1, 0.15) is 47.1 Å². The van der Waals surface area contributed by atoms with E-state index in [0.29, 0.717) is 12.5 Å². The van der Waals surface area contributed by atoms with Crippen molar-refractivity contribution in [3.05, 3.63) is 29.8 Å². The van der Waals surface area contributed by atoms with Gasteiger partial charge in [0.05, 0.1) is 17.9 Å². The van der Waals surface area contributed by atoms with Crippen LogP contribution in [0.3, 0.4) is 0 Å². The van der Waals surface area contributed by atoms with Crippen molar-refractivity contribution in [2.45, 2.75) is 53.0 Å². The summed E-state index contributed by atoms with van der Waals surface area (Å²) in [4.78, 5) is 23.6. The summed E-state index contributed by atoms with van der Waals surface area (Å²) < 4.78 is 5.65. The first kappa shape index (κ1) is 20.0. The number of hydrogen-bond donors (Lipinski definition) is 2. The molecule has 0 spiro atoms. The van der Waals surface area contributed by atoms with Gasteiger partial charge in [-0.1, -0.05) is 26.0 Å². The van der Waals surface area contributed by atoms with E-state index in [9.17, 15) is 9.59 Å². The number of ether oxygens (including phenoxy) is 1. The second-order valence-electron chi connectivity index (χ2n) is 7.24. The Kier molecular flexibility index (Phi) is 6.81. The summed E-state index contributed by atoms with van der Waals surface area (Å²) in [6.45, 7) is 11.8. The average Bonchev–Trinajstić information content (AvgIpc) is 2.52. The minimum Gasteiger partial charge on any atom is -0.493 e. The first-order valence-corrected chi connectivity index (χ1v) is 8.32. The number of aliphatic carboxylic acids is 1. The fourth-order valence-corrected chi connectivity index (χ4v) is 2.09. The van der Waals surface area contributed by atoms with Gasteiger partial charge >= 0.3 is 5.97 Å². The van der Waals surface area contributed by atoms with E-state index >= 15 is 0 Å². The van der Waals surface area contributed by atoms with Gasteiger partial charge in [-0.15, -0.1) is 0 Å². The van der Waals surface area contributed by atoms with E-state index in [4.69, 9.17) is 9.84 Å². The van der Waals surface area contributed by atoms with E-state index in [2.05, 4.69) is 19.2 Å². The zero-order valence-electron chi connectivity index (χ0n) is 15.4. The van der Waals surface area contributed by atoms with Crippen LogP contribution in [-0.4, -0.2) is 29.6 Å². The molecule has 0 bridgehead atoms. The standard InChI is InChI=1S/C19H29NO4/c1-12(2)11-24-16-9-7-15(8-10-16)19(5,6)18(23)20-14(4)13(3)17(21)22/h7-10,12-14H,11H2,1-6H3,(H,20,23)(H,21,22). The van der Waals surface area contributed by atoms with Crippen LogP contribution in [0.15, 0.2) is 24.3 Å². The number of carbonyl (C=O) groups excluding carboxylic acids is 1. The maximum Gasteiger partial charge on any atom is 0.308 e. The number of nitrogens with one attached hydrogen (secondary N) is 1. The molecule has 0 aromatic heterocycles. The molecule has 5 nitrogen and oxygen atoms in total. The molecule has 2 N–H and O–H groups in total. The highest BCUT2D eigenvalue weighted by atomic mass is 16.5. The Morgan fingerprint density at radius 1 is 1.12 bits per heavy atom. The van der Waals surface area contributed by atoms with Crippen LogP contribution in [0, 0.1) is 11.8 Å². The molecule has 0 fully saturated rings. The van der Waals surface area contributed by atoms with Gasteiger partial charge in [0.25, 0.3) is 0 Å². The Bertz CT molecular complexity index is 563. The lowest BCUT2D eigenvalue weighted by atomic mass is 9.83. The van der Waals surface area contributed by atoms with Gasteiger partial charge in [0.1, 0.15) is 5.75 Å². The molecule has 134 valence electrons. The fraction of sp³-hybridized carbons (Fsp3) is 0.579. The lowest BCUT2D eigenvalue weighted by molar-refractivity contribution is -0.142. The van der Waals surface area contributed by atoms with Gasteiger partial charge in [-0.3, -0.25) is 9.59 Å². The third-order valence-corrected chi connectivity index (χ3v) is 4.23. The molecule has 1 amide bonds. The van der Waals surface area contributed by atoms with Crippen molar-refractivity contribution < 1.29 is 19.4 Å². The lowest BCUT2D eigenvalue weighted by Gasteiger charge is -2.28. The van der Waals surface area contributed by atoms with Crippen LogP contribution in [0.5, 0.6) is 5.75 Å². The minimum atomic E-state index is -0.924. The van der Waals surface area contributed by atoms with Crippen molar-refractivity contribution >= 4 is 11.9 Å². The molecule has 0 aliphatic rings. The van der Waals surface area contributed by atoms with Crippen LogP contribution in [0.2, 0.25) is 0 Å². The Morgan fingerprint density at radius 3 is 2.12 bits per heavy atom. The molecule has 0 radical (unpaired) electrons. The summed E-state index contributed by atoms with van der Waals surface area (Å²) in [5.74, 6) is -0.538. The van der Waals surface area contributed by atoms with Crippen molar-refractivity contribution in [2.75, 3.05) is 6.61 Å². The topological polar surface area (TPSA) is 75.6 Å². The van der Waals surface area contributed by atoms with E-state index < -0.39 is 23.3 Å². The zero-order valence-corrected chi connectivity index (χ0v) is 15.4. The Labute approximate surface area is 144 Å². The van der Waals surface area contributed by atoms with E-state index in [1.165, 1.54) is 0 Å². The molecule has 1 aromatic rings. The Morgan fingerprint density at radius 2 is 1.67 bits per heavy atom. The predicted molar refractivity (Wildman–Crippen MR) is 94.2 cm³/mol. The van der Waals surface area contributed by atoms with Crippen LogP contribution in [-0.2, 0) is 15.0 Å². The summed E-state index contributed by atoms with van der Waals surface area (Å²) in [6.07, 6.45) is 0. The highest BCUT2D eigenvalue weighted by Crippen LogP contribution is 2.26. The molecular weight excluding hydrogens is 306 g/mol. The highest BCUT2D eigenvalue weighted by molar-refractivity contribution is 5.88. The second-order valence-corrected chi connectivity index (χ2v) is 7.24. The molecule has 0 saturated heterocycles. The fourth-order valence-electron chi connectivity index (χ4n) is 2.09. The number of carbonyl (C=O) groups is 2. The predicted octanol–water partition coefficient (Wildman–Crippen LogP) is 3.22. The van der Waals surface area contributed by atoms with Crippen molar-refractivity contribution in [1.29, 1.82) is 0 Å². The number of carboxylic acid groups (broad SMARTS) is 1. The smallest absolute Gasteiger partial charge is 0.308 e. The number of amides is 1. The van der Waals surface area contributed by atoms with Crippen molar-refractivity contribution in [3.63, 3.8) is 0 Å². The molecule has 0 heterocycles. The van der Waals surface area contributed by atoms with Gasteiger partial charge < -0.3 is 15.2 Å². The zero-order chi connectivity index (χ0) is 18.5. The largest absolute Gasteiger partial charge is 0.493 e. The van der Waals surface area contributed by atoms with Crippen molar-refractivity contribution in [2.24, 2.45) is 11.8 Å². The van der Waals surface area contributed by atoms with Gasteiger partial charge in [-0.2, -0.15) is 0 Å². The third kappa shape index (κ3) is 5.25. The summed E-state index contributed by atoms with van der Waals surface area (Å²) in [5, 5.41) is 11.8. The molecule has 24 heavy (non-hydrogen) atoms. The molecular formula is C19H29NO4. The summed E-state index contributed by atoms with van der Waals surface area (Å²) in [6, 6.07) is 7.02. The average molecular weight is 335 g/mol. The van der Waals surface area contributed by atoms with Gasteiger partial charge in [0, 0.05) is 6.04 Å². The van der Waals surface area contributed by atoms with Gasteiger partial charge in [-0.25, -0.2) is 0 Å². The van der Waals surface area contributed by atoms with Crippen LogP contribution in [0.4, 0.5) is 0 Å². The van der Waals surface area contributed by atoms with Gasteiger partial charge in [0.15, 0.2) is 0 Å². The van der Waals surface area contributed by atoms with E-state index in [1.54, 1.807) is 13.8 Å². The molecule has 5 heteroatoms. The maximum absolute atomic E-state index is 12.6. The molecule has 2 unspecified atom stereocenters. The van der Waals surface area contributed by atoms with E-state index in [0.717, 1.165) is 11.3 Å². The molecule has 0 saturated carbocycles. The lowest BCUT2D eigenvalue weighted by Crippen LogP contribution is -2.47. The summed E-state index contributed by atoms with van der Waals surface area (Å²) in [7, 11) is 0. The molecule has 1 aromatic carbocycles. The molecule has 1 rings (SSSR count). The SMILES string of the molecule is CC(C)COc1ccc(C(C)(C)C(=O)NC(C)C(C)C(=O)O)cc1. The first-order chi connectivity index (χ1) is 11.1. The highest BCUT2D eigenvalue weighted by Gasteiger charge is 2.32. The van der Waals surface area contributed by atoms with E-state index in [1.807, 2.05) is 38.1 Å². The molecule has 0 aliphatic heterocycles. The van der Waals surface area contributed by atoms with Crippen LogP contribution in [0.25, 0.3) is 0 Å². The van der Waals surface area contributed by atoms with Gasteiger partial charge in [-0.05, 0) is 51.3 Å². The molecule has 2 atom stereocenters. The maximum atomic E-state index is 12.6. The van der Waals surface area contributed by atoms with E-state index in [-0.39, 0.29) is 5.91 Å². The minimum absolute atomic E-state index is 0.195. The summed E-state index contributed by atoms with van der Waals surface area (Å²) >= 11 is 0. The number of hydrogen-bond acceptors (Lipinski definition) is 3. The Balaban J connectivity index is 2.79. The van der Waals surface area contributed by atoms with Crippen LogP contribution < -0.4 is 10.1 Å². The Hall–Kier alpha value is -2.04. The number of benzene rings is 1. The first-order valence-electron chi connectivity index (χ1n) is 8.32. The van der Waals surface area contributed by atoms with Crippen molar-refractivity contribution in [3.8, 4) is 5.75 Å². The normalized spacial score (nSPS) is 14.1. The number of carboxylic acids is 1. The van der Waals surface area contributed by atoms with Crippen LogP contribution >= 0.6 is 0 Å². The monoisotopic (exact) mass is 335 g/mol.